The van der Waals surface area contributed by atoms with E-state index in [1.165, 1.54) is 12.1 Å². The number of sulfonamides is 1. The molecule has 0 saturated heterocycles. The van der Waals surface area contributed by atoms with Crippen LogP contribution in [0.3, 0.4) is 0 Å². The largest absolute Gasteiger partial charge is 0.278 e. The maximum atomic E-state index is 12.3. The van der Waals surface area contributed by atoms with Crippen molar-refractivity contribution in [3.63, 3.8) is 0 Å². The first-order chi connectivity index (χ1) is 10.1. The van der Waals surface area contributed by atoms with Gasteiger partial charge in [0.15, 0.2) is 0 Å². The van der Waals surface area contributed by atoms with E-state index >= 15 is 0 Å². The normalized spacial score (nSPS) is 11.2. The molecule has 0 radical (unpaired) electrons. The summed E-state index contributed by atoms with van der Waals surface area (Å²) in [5, 5.41) is 9.51. The lowest BCUT2D eigenvalue weighted by Crippen LogP contribution is -2.11. The SMILES string of the molecule is N#Cc1ccc(S(=O)(=O)Nc2cccc3ncccc23)s1. The van der Waals surface area contributed by atoms with Crippen molar-refractivity contribution in [2.45, 2.75) is 4.21 Å². The maximum absolute atomic E-state index is 12.3. The summed E-state index contributed by atoms with van der Waals surface area (Å²) in [5.41, 5.74) is 1.18. The number of anilines is 1. The summed E-state index contributed by atoms with van der Waals surface area (Å²) in [7, 11) is -3.70. The number of hydrogen-bond acceptors (Lipinski definition) is 5. The molecule has 0 atom stereocenters. The Morgan fingerprint density at radius 2 is 2.00 bits per heavy atom. The van der Waals surface area contributed by atoms with E-state index in [0.717, 1.165) is 16.7 Å². The quantitative estimate of drug-likeness (QED) is 0.805. The van der Waals surface area contributed by atoms with E-state index < -0.39 is 10.0 Å². The Balaban J connectivity index is 2.04. The first-order valence-corrected chi connectivity index (χ1v) is 8.26. The summed E-state index contributed by atoms with van der Waals surface area (Å²) >= 11 is 0.937. The summed E-state index contributed by atoms with van der Waals surface area (Å²) in [6, 6.07) is 13.6. The number of hydrogen-bond donors (Lipinski definition) is 1. The van der Waals surface area contributed by atoms with Gasteiger partial charge >= 0.3 is 0 Å². The average molecular weight is 315 g/mol. The van der Waals surface area contributed by atoms with Gasteiger partial charge in [0.2, 0.25) is 0 Å². The molecule has 1 aromatic carbocycles. The molecule has 0 amide bonds. The van der Waals surface area contributed by atoms with Crippen LogP contribution >= 0.6 is 11.3 Å². The van der Waals surface area contributed by atoms with E-state index in [1.807, 2.05) is 12.1 Å². The number of fused-ring (bicyclic) bond motifs is 1. The molecule has 0 aliphatic rings. The Kier molecular flexibility index (Phi) is 3.33. The van der Waals surface area contributed by atoms with E-state index in [4.69, 9.17) is 5.26 Å². The third-order valence-electron chi connectivity index (χ3n) is 2.85. The summed E-state index contributed by atoms with van der Waals surface area (Å²) in [6.45, 7) is 0. The highest BCUT2D eigenvalue weighted by atomic mass is 32.2. The van der Waals surface area contributed by atoms with Crippen molar-refractivity contribution in [2.75, 3.05) is 4.72 Å². The molecule has 5 nitrogen and oxygen atoms in total. The standard InChI is InChI=1S/C14H9N3O2S2/c15-9-10-6-7-14(20-10)21(18,19)17-13-5-1-4-12-11(13)3-2-8-16-12/h1-8,17H. The number of aromatic nitrogens is 1. The van der Waals surface area contributed by atoms with Gasteiger partial charge in [-0.3, -0.25) is 9.71 Å². The van der Waals surface area contributed by atoms with Gasteiger partial charge in [0.25, 0.3) is 10.0 Å². The van der Waals surface area contributed by atoms with E-state index in [2.05, 4.69) is 9.71 Å². The van der Waals surface area contributed by atoms with Crippen molar-refractivity contribution in [3.05, 3.63) is 53.5 Å². The lowest BCUT2D eigenvalue weighted by molar-refractivity contribution is 0.603. The van der Waals surface area contributed by atoms with Crippen LogP contribution in [0.5, 0.6) is 0 Å². The van der Waals surface area contributed by atoms with Crippen LogP contribution in [0.4, 0.5) is 5.69 Å². The number of nitriles is 1. The molecule has 0 unspecified atom stereocenters. The van der Waals surface area contributed by atoms with Crippen LogP contribution in [0.15, 0.2) is 52.9 Å². The smallest absolute Gasteiger partial charge is 0.271 e. The summed E-state index contributed by atoms with van der Waals surface area (Å²) < 4.78 is 27.3. The monoisotopic (exact) mass is 315 g/mol. The Bertz CT molecular complexity index is 950. The van der Waals surface area contributed by atoms with E-state index in [0.29, 0.717) is 16.1 Å². The number of pyridine rings is 1. The molecule has 0 aliphatic carbocycles. The van der Waals surface area contributed by atoms with Crippen molar-refractivity contribution in [3.8, 4) is 6.07 Å². The number of benzene rings is 1. The molecule has 3 rings (SSSR count). The van der Waals surface area contributed by atoms with Crippen LogP contribution in [0.1, 0.15) is 4.88 Å². The minimum Gasteiger partial charge on any atom is -0.278 e. The third-order valence-corrected chi connectivity index (χ3v) is 5.69. The molecule has 21 heavy (non-hydrogen) atoms. The highest BCUT2D eigenvalue weighted by Gasteiger charge is 2.18. The zero-order chi connectivity index (χ0) is 14.9. The second kappa shape index (κ2) is 5.16. The molecule has 3 aromatic rings. The average Bonchev–Trinajstić information content (AvgIpc) is 2.97. The van der Waals surface area contributed by atoms with Gasteiger partial charge in [-0.2, -0.15) is 5.26 Å². The minimum atomic E-state index is -3.70. The number of thiophene rings is 1. The first-order valence-electron chi connectivity index (χ1n) is 5.97. The number of nitrogens with zero attached hydrogens (tertiary/aromatic N) is 2. The molecule has 0 fully saturated rings. The lowest BCUT2D eigenvalue weighted by atomic mass is 10.2. The molecule has 0 spiro atoms. The Labute approximate surface area is 125 Å². The topological polar surface area (TPSA) is 82.8 Å². The summed E-state index contributed by atoms with van der Waals surface area (Å²) in [4.78, 5) is 4.54. The highest BCUT2D eigenvalue weighted by molar-refractivity contribution is 7.94. The Hall–Kier alpha value is -2.43. The van der Waals surface area contributed by atoms with Gasteiger partial charge in [0, 0.05) is 11.6 Å². The molecular formula is C14H9N3O2S2. The first kappa shape index (κ1) is 13.5. The highest BCUT2D eigenvalue weighted by Crippen LogP contribution is 2.27. The van der Waals surface area contributed by atoms with E-state index in [9.17, 15) is 8.42 Å². The van der Waals surface area contributed by atoms with Crippen molar-refractivity contribution >= 4 is 38.0 Å². The molecule has 104 valence electrons. The fourth-order valence-corrected chi connectivity index (χ4v) is 4.10. The molecule has 0 bridgehead atoms. The van der Waals surface area contributed by atoms with E-state index in [-0.39, 0.29) is 4.21 Å². The van der Waals surface area contributed by atoms with Gasteiger partial charge in [-0.05, 0) is 36.4 Å². The predicted octanol–water partition coefficient (Wildman–Crippen LogP) is 2.97. The third kappa shape index (κ3) is 2.59. The molecule has 2 heterocycles. The van der Waals surface area contributed by atoms with Crippen LogP contribution in [-0.4, -0.2) is 13.4 Å². The van der Waals surface area contributed by atoms with E-state index in [1.54, 1.807) is 30.5 Å². The van der Waals surface area contributed by atoms with Gasteiger partial charge in [-0.1, -0.05) is 6.07 Å². The van der Waals surface area contributed by atoms with Crippen molar-refractivity contribution in [2.24, 2.45) is 0 Å². The number of rotatable bonds is 3. The van der Waals surface area contributed by atoms with Crippen molar-refractivity contribution in [1.29, 1.82) is 5.26 Å². The molecule has 0 saturated carbocycles. The Morgan fingerprint density at radius 3 is 2.76 bits per heavy atom. The van der Waals surface area contributed by atoms with Crippen LogP contribution < -0.4 is 4.72 Å². The predicted molar refractivity (Wildman–Crippen MR) is 81.6 cm³/mol. The van der Waals surface area contributed by atoms with Crippen molar-refractivity contribution in [1.82, 2.24) is 4.98 Å². The molecule has 1 N–H and O–H groups in total. The Morgan fingerprint density at radius 1 is 1.14 bits per heavy atom. The fraction of sp³-hybridized carbons (Fsp3) is 0. The van der Waals surface area contributed by atoms with Gasteiger partial charge in [0.1, 0.15) is 15.2 Å². The fourth-order valence-electron chi connectivity index (χ4n) is 1.91. The molecular weight excluding hydrogens is 306 g/mol. The van der Waals surface area contributed by atoms with Crippen LogP contribution in [0.2, 0.25) is 0 Å². The van der Waals surface area contributed by atoms with Crippen LogP contribution in [0, 0.1) is 11.3 Å². The maximum Gasteiger partial charge on any atom is 0.271 e. The van der Waals surface area contributed by atoms with Gasteiger partial charge < -0.3 is 0 Å². The molecule has 0 aliphatic heterocycles. The minimum absolute atomic E-state index is 0.111. The number of nitrogens with one attached hydrogen (secondary N) is 1. The second-order valence-corrected chi connectivity index (χ2v) is 7.20. The van der Waals surface area contributed by atoms with Gasteiger partial charge in [-0.15, -0.1) is 11.3 Å². The van der Waals surface area contributed by atoms with Crippen LogP contribution in [0.25, 0.3) is 10.9 Å². The molecule has 7 heteroatoms. The van der Waals surface area contributed by atoms with Gasteiger partial charge in [-0.25, -0.2) is 8.42 Å². The molecule has 2 aromatic heterocycles. The summed E-state index contributed by atoms with van der Waals surface area (Å²) in [6.07, 6.45) is 1.65. The lowest BCUT2D eigenvalue weighted by Gasteiger charge is -2.08. The van der Waals surface area contributed by atoms with Crippen LogP contribution in [-0.2, 0) is 10.0 Å². The second-order valence-electron chi connectivity index (χ2n) is 4.21. The zero-order valence-corrected chi connectivity index (χ0v) is 12.3. The summed E-state index contributed by atoms with van der Waals surface area (Å²) in [5.74, 6) is 0. The van der Waals surface area contributed by atoms with Crippen molar-refractivity contribution < 1.29 is 8.42 Å². The zero-order valence-electron chi connectivity index (χ0n) is 10.6. The van der Waals surface area contributed by atoms with Gasteiger partial charge in [0.05, 0.1) is 11.2 Å².